The molecule has 1 aromatic heterocycles. The maximum Gasteiger partial charge on any atom is 0.147 e. The van der Waals surface area contributed by atoms with E-state index in [1.165, 1.54) is 0 Å². The van der Waals surface area contributed by atoms with E-state index in [1.807, 2.05) is 4.90 Å². The van der Waals surface area contributed by atoms with Gasteiger partial charge < -0.3 is 10.0 Å². The number of aliphatic hydroxyl groups is 1. The SMILES string of the molecule is CC1(O)CN(c2ncc(Br)cc2Cl)C1. The molecular formula is C9H10BrClN2O. The fourth-order valence-corrected chi connectivity index (χ4v) is 2.31. The number of hydrogen-bond donors (Lipinski definition) is 1. The molecule has 1 aliphatic heterocycles. The number of β-amino-alcohol motifs (C(OH)–C–C–N with tert-alkyl or cyclic N) is 1. The van der Waals surface area contributed by atoms with Crippen molar-refractivity contribution in [2.75, 3.05) is 18.0 Å². The van der Waals surface area contributed by atoms with Crippen LogP contribution in [0.3, 0.4) is 0 Å². The van der Waals surface area contributed by atoms with Crippen LogP contribution in [0.4, 0.5) is 5.82 Å². The summed E-state index contributed by atoms with van der Waals surface area (Å²) in [7, 11) is 0. The minimum atomic E-state index is -0.599. The largest absolute Gasteiger partial charge is 0.386 e. The molecule has 14 heavy (non-hydrogen) atoms. The van der Waals surface area contributed by atoms with Gasteiger partial charge in [-0.05, 0) is 28.9 Å². The van der Waals surface area contributed by atoms with Gasteiger partial charge in [0.2, 0.25) is 0 Å². The average molecular weight is 278 g/mol. The lowest BCUT2D eigenvalue weighted by Gasteiger charge is -2.45. The first kappa shape index (κ1) is 10.2. The molecule has 3 nitrogen and oxygen atoms in total. The number of aromatic nitrogens is 1. The smallest absolute Gasteiger partial charge is 0.147 e. The van der Waals surface area contributed by atoms with E-state index in [0.29, 0.717) is 18.1 Å². The molecule has 1 aromatic rings. The van der Waals surface area contributed by atoms with Crippen LogP contribution >= 0.6 is 27.5 Å². The van der Waals surface area contributed by atoms with Crippen LogP contribution in [0.5, 0.6) is 0 Å². The lowest BCUT2D eigenvalue weighted by Crippen LogP contribution is -2.60. The molecule has 76 valence electrons. The van der Waals surface area contributed by atoms with Crippen LogP contribution in [0.25, 0.3) is 0 Å². The Hall–Kier alpha value is -0.320. The highest BCUT2D eigenvalue weighted by Crippen LogP contribution is 2.32. The van der Waals surface area contributed by atoms with E-state index in [4.69, 9.17) is 11.6 Å². The summed E-state index contributed by atoms with van der Waals surface area (Å²) in [5, 5.41) is 10.2. The minimum Gasteiger partial charge on any atom is -0.386 e. The maximum atomic E-state index is 9.57. The van der Waals surface area contributed by atoms with Crippen molar-refractivity contribution < 1.29 is 5.11 Å². The fraction of sp³-hybridized carbons (Fsp3) is 0.444. The Balaban J connectivity index is 2.19. The molecule has 0 spiro atoms. The van der Waals surface area contributed by atoms with Gasteiger partial charge in [0.25, 0.3) is 0 Å². The van der Waals surface area contributed by atoms with Crippen LogP contribution in [0.2, 0.25) is 5.02 Å². The van der Waals surface area contributed by atoms with Gasteiger partial charge in [-0.2, -0.15) is 0 Å². The van der Waals surface area contributed by atoms with Crippen molar-refractivity contribution >= 4 is 33.3 Å². The maximum absolute atomic E-state index is 9.57. The summed E-state index contributed by atoms with van der Waals surface area (Å²) >= 11 is 9.31. The van der Waals surface area contributed by atoms with Gasteiger partial charge in [0, 0.05) is 23.8 Å². The van der Waals surface area contributed by atoms with Crippen molar-refractivity contribution in [2.24, 2.45) is 0 Å². The first-order chi connectivity index (χ1) is 6.48. The molecular weight excluding hydrogens is 267 g/mol. The minimum absolute atomic E-state index is 0.585. The number of anilines is 1. The molecule has 0 bridgehead atoms. The quantitative estimate of drug-likeness (QED) is 0.854. The van der Waals surface area contributed by atoms with Crippen LogP contribution < -0.4 is 4.90 Å². The fourth-order valence-electron chi connectivity index (χ4n) is 1.57. The third kappa shape index (κ3) is 1.87. The number of pyridine rings is 1. The molecule has 1 aliphatic rings. The molecule has 0 atom stereocenters. The Morgan fingerprint density at radius 3 is 2.79 bits per heavy atom. The summed E-state index contributed by atoms with van der Waals surface area (Å²) in [6, 6.07) is 1.80. The molecule has 1 saturated heterocycles. The summed E-state index contributed by atoms with van der Waals surface area (Å²) in [6.45, 7) is 2.97. The van der Waals surface area contributed by atoms with Gasteiger partial charge in [-0.25, -0.2) is 4.98 Å². The summed E-state index contributed by atoms with van der Waals surface area (Å²) in [6.07, 6.45) is 1.70. The topological polar surface area (TPSA) is 36.4 Å². The Bertz CT molecular complexity index is 362. The summed E-state index contributed by atoms with van der Waals surface area (Å²) in [4.78, 5) is 6.15. The Kier molecular flexibility index (Phi) is 2.45. The molecule has 0 aliphatic carbocycles. The number of hydrogen-bond acceptors (Lipinski definition) is 3. The van der Waals surface area contributed by atoms with Crippen molar-refractivity contribution in [3.63, 3.8) is 0 Å². The molecule has 0 saturated carbocycles. The van der Waals surface area contributed by atoms with E-state index in [1.54, 1.807) is 19.2 Å². The standard InChI is InChI=1S/C9H10BrClN2O/c1-9(14)4-13(5-9)8-7(11)2-6(10)3-12-8/h2-3,14H,4-5H2,1H3. The van der Waals surface area contributed by atoms with E-state index in [0.717, 1.165) is 10.3 Å². The molecule has 2 heterocycles. The normalized spacial score (nSPS) is 19.3. The van der Waals surface area contributed by atoms with E-state index >= 15 is 0 Å². The van der Waals surface area contributed by atoms with Crippen molar-refractivity contribution in [1.29, 1.82) is 0 Å². The second-order valence-corrected chi connectivity index (χ2v) is 5.13. The van der Waals surface area contributed by atoms with Crippen LogP contribution in [0.1, 0.15) is 6.92 Å². The van der Waals surface area contributed by atoms with Gasteiger partial charge in [-0.3, -0.25) is 0 Å². The summed E-state index contributed by atoms with van der Waals surface area (Å²) in [5.74, 6) is 0.737. The van der Waals surface area contributed by atoms with Gasteiger partial charge in [0.15, 0.2) is 0 Å². The van der Waals surface area contributed by atoms with E-state index in [2.05, 4.69) is 20.9 Å². The second-order valence-electron chi connectivity index (χ2n) is 3.81. The third-order valence-electron chi connectivity index (χ3n) is 2.15. The first-order valence-electron chi connectivity index (χ1n) is 4.26. The van der Waals surface area contributed by atoms with Crippen LogP contribution in [0, 0.1) is 0 Å². The van der Waals surface area contributed by atoms with Gasteiger partial charge in [0.05, 0.1) is 10.6 Å². The zero-order valence-corrected chi connectivity index (χ0v) is 10.0. The monoisotopic (exact) mass is 276 g/mol. The molecule has 0 unspecified atom stereocenters. The Morgan fingerprint density at radius 1 is 1.64 bits per heavy atom. The van der Waals surface area contributed by atoms with Gasteiger partial charge >= 0.3 is 0 Å². The van der Waals surface area contributed by atoms with Crippen molar-refractivity contribution in [2.45, 2.75) is 12.5 Å². The summed E-state index contributed by atoms with van der Waals surface area (Å²) in [5.41, 5.74) is -0.599. The molecule has 2 rings (SSSR count). The molecule has 1 fully saturated rings. The molecule has 0 aromatic carbocycles. The Morgan fingerprint density at radius 2 is 2.29 bits per heavy atom. The molecule has 1 N–H and O–H groups in total. The predicted molar refractivity (Wildman–Crippen MR) is 59.8 cm³/mol. The van der Waals surface area contributed by atoms with E-state index < -0.39 is 5.60 Å². The van der Waals surface area contributed by atoms with Crippen LogP contribution in [-0.4, -0.2) is 28.8 Å². The van der Waals surface area contributed by atoms with E-state index in [9.17, 15) is 5.11 Å². The zero-order valence-electron chi connectivity index (χ0n) is 7.67. The lowest BCUT2D eigenvalue weighted by atomic mass is 9.97. The molecule has 0 radical (unpaired) electrons. The molecule has 0 amide bonds. The number of nitrogens with zero attached hydrogens (tertiary/aromatic N) is 2. The van der Waals surface area contributed by atoms with E-state index in [-0.39, 0.29) is 0 Å². The van der Waals surface area contributed by atoms with Gasteiger partial charge in [-0.15, -0.1) is 0 Å². The predicted octanol–water partition coefficient (Wildman–Crippen LogP) is 2.07. The third-order valence-corrected chi connectivity index (χ3v) is 2.86. The highest BCUT2D eigenvalue weighted by Gasteiger charge is 2.37. The second kappa shape index (κ2) is 3.36. The van der Waals surface area contributed by atoms with Crippen LogP contribution in [0.15, 0.2) is 16.7 Å². The lowest BCUT2D eigenvalue weighted by molar-refractivity contribution is 0.0305. The van der Waals surface area contributed by atoms with Gasteiger partial charge in [-0.1, -0.05) is 11.6 Å². The van der Waals surface area contributed by atoms with Crippen molar-refractivity contribution in [3.8, 4) is 0 Å². The first-order valence-corrected chi connectivity index (χ1v) is 5.43. The van der Waals surface area contributed by atoms with Gasteiger partial charge in [0.1, 0.15) is 5.82 Å². The molecule has 5 heteroatoms. The zero-order chi connectivity index (χ0) is 10.3. The highest BCUT2D eigenvalue weighted by molar-refractivity contribution is 9.10. The summed E-state index contributed by atoms with van der Waals surface area (Å²) < 4.78 is 0.860. The van der Waals surface area contributed by atoms with Crippen molar-refractivity contribution in [3.05, 3.63) is 21.8 Å². The highest BCUT2D eigenvalue weighted by atomic mass is 79.9. The Labute approximate surface area is 95.8 Å². The number of rotatable bonds is 1. The number of halogens is 2. The average Bonchev–Trinajstić information content (AvgIpc) is 2.00. The van der Waals surface area contributed by atoms with Crippen molar-refractivity contribution in [1.82, 2.24) is 4.98 Å². The van der Waals surface area contributed by atoms with Crippen LogP contribution in [-0.2, 0) is 0 Å².